The van der Waals surface area contributed by atoms with Gasteiger partial charge in [0.25, 0.3) is 0 Å². The van der Waals surface area contributed by atoms with E-state index >= 15 is 0 Å². The third kappa shape index (κ3) is 2.38. The van der Waals surface area contributed by atoms with Gasteiger partial charge in [-0.05, 0) is 39.4 Å². The molecule has 0 radical (unpaired) electrons. The minimum Gasteiger partial charge on any atom is -0.313 e. The Balaban J connectivity index is 2.44. The van der Waals surface area contributed by atoms with Crippen LogP contribution in [-0.4, -0.2) is 22.0 Å². The maximum absolute atomic E-state index is 4.56. The lowest BCUT2D eigenvalue weighted by molar-refractivity contribution is 0.641. The van der Waals surface area contributed by atoms with Crippen molar-refractivity contribution in [3.05, 3.63) is 41.3 Å². The lowest BCUT2D eigenvalue weighted by Crippen LogP contribution is -2.15. The average Bonchev–Trinajstić information content (AvgIpc) is 2.38. The fourth-order valence-corrected chi connectivity index (χ4v) is 1.89. The van der Waals surface area contributed by atoms with Crippen molar-refractivity contribution in [1.29, 1.82) is 0 Å². The predicted molar refractivity (Wildman–Crippen MR) is 72.2 cm³/mol. The molecule has 0 fully saturated rings. The molecule has 0 saturated heterocycles. The molecule has 0 aliphatic rings. The molecule has 2 heterocycles. The van der Waals surface area contributed by atoms with Crippen molar-refractivity contribution in [3.8, 4) is 11.5 Å². The molecule has 0 saturated carbocycles. The molecule has 0 aliphatic heterocycles. The van der Waals surface area contributed by atoms with Crippen LogP contribution in [0.2, 0.25) is 0 Å². The standard InChI is InChI=1S/C14H18N4/c1-9-6-5-7-16-13(9)14-17-8-12(10(2)15-4)11(3)18-14/h5-8,10,15H,1-4H3. The van der Waals surface area contributed by atoms with Gasteiger partial charge in [-0.2, -0.15) is 0 Å². The molecule has 1 unspecified atom stereocenters. The van der Waals surface area contributed by atoms with Crippen LogP contribution in [0.1, 0.15) is 29.8 Å². The van der Waals surface area contributed by atoms with Crippen molar-refractivity contribution in [2.45, 2.75) is 26.8 Å². The Morgan fingerprint density at radius 3 is 2.61 bits per heavy atom. The van der Waals surface area contributed by atoms with Gasteiger partial charge in [-0.25, -0.2) is 9.97 Å². The number of hydrogen-bond donors (Lipinski definition) is 1. The van der Waals surface area contributed by atoms with Crippen LogP contribution in [-0.2, 0) is 0 Å². The summed E-state index contributed by atoms with van der Waals surface area (Å²) in [5.74, 6) is 0.692. The number of rotatable bonds is 3. The highest BCUT2D eigenvalue weighted by Gasteiger charge is 2.11. The monoisotopic (exact) mass is 242 g/mol. The van der Waals surface area contributed by atoms with Crippen molar-refractivity contribution in [2.24, 2.45) is 0 Å². The van der Waals surface area contributed by atoms with E-state index in [2.05, 4.69) is 27.2 Å². The highest BCUT2D eigenvalue weighted by Crippen LogP contribution is 2.20. The molecule has 94 valence electrons. The third-order valence-electron chi connectivity index (χ3n) is 3.14. The van der Waals surface area contributed by atoms with Crippen molar-refractivity contribution < 1.29 is 0 Å². The van der Waals surface area contributed by atoms with Gasteiger partial charge in [0.05, 0.1) is 0 Å². The van der Waals surface area contributed by atoms with Gasteiger partial charge >= 0.3 is 0 Å². The van der Waals surface area contributed by atoms with Gasteiger partial charge < -0.3 is 5.32 Å². The van der Waals surface area contributed by atoms with Gasteiger partial charge in [0, 0.05) is 29.7 Å². The minimum absolute atomic E-state index is 0.254. The summed E-state index contributed by atoms with van der Waals surface area (Å²) in [6, 6.07) is 4.19. The predicted octanol–water partition coefficient (Wildman–Crippen LogP) is 2.44. The van der Waals surface area contributed by atoms with E-state index in [1.165, 1.54) is 0 Å². The summed E-state index contributed by atoms with van der Waals surface area (Å²) in [5.41, 5.74) is 4.05. The zero-order chi connectivity index (χ0) is 13.1. The first-order chi connectivity index (χ1) is 8.63. The van der Waals surface area contributed by atoms with Crippen LogP contribution in [0.25, 0.3) is 11.5 Å². The quantitative estimate of drug-likeness (QED) is 0.898. The number of pyridine rings is 1. The Labute approximate surface area is 108 Å². The second kappa shape index (κ2) is 5.23. The molecule has 1 N–H and O–H groups in total. The topological polar surface area (TPSA) is 50.7 Å². The van der Waals surface area contributed by atoms with Gasteiger partial charge in [0.1, 0.15) is 5.69 Å². The van der Waals surface area contributed by atoms with Crippen LogP contribution in [0, 0.1) is 13.8 Å². The summed E-state index contributed by atoms with van der Waals surface area (Å²) in [7, 11) is 1.93. The Morgan fingerprint density at radius 1 is 1.22 bits per heavy atom. The van der Waals surface area contributed by atoms with Crippen LogP contribution < -0.4 is 5.32 Å². The summed E-state index contributed by atoms with van der Waals surface area (Å²) < 4.78 is 0. The summed E-state index contributed by atoms with van der Waals surface area (Å²) >= 11 is 0. The number of hydrogen-bond acceptors (Lipinski definition) is 4. The van der Waals surface area contributed by atoms with Gasteiger partial charge in [0.2, 0.25) is 0 Å². The van der Waals surface area contributed by atoms with Gasteiger partial charge in [0.15, 0.2) is 5.82 Å². The molecule has 0 spiro atoms. The van der Waals surface area contributed by atoms with E-state index < -0.39 is 0 Å². The molecule has 4 heteroatoms. The fourth-order valence-electron chi connectivity index (χ4n) is 1.89. The molecule has 2 aromatic heterocycles. The number of nitrogens with one attached hydrogen (secondary N) is 1. The van der Waals surface area contributed by atoms with Crippen molar-refractivity contribution in [3.63, 3.8) is 0 Å². The minimum atomic E-state index is 0.254. The highest BCUT2D eigenvalue weighted by atomic mass is 14.9. The molecule has 0 amide bonds. The number of aromatic nitrogens is 3. The smallest absolute Gasteiger partial charge is 0.178 e. The Morgan fingerprint density at radius 2 is 2.00 bits per heavy atom. The molecule has 0 bridgehead atoms. The van der Waals surface area contributed by atoms with Crippen molar-refractivity contribution in [1.82, 2.24) is 20.3 Å². The normalized spacial score (nSPS) is 12.4. The second-order valence-electron chi connectivity index (χ2n) is 4.41. The van der Waals surface area contributed by atoms with Crippen LogP contribution in [0.5, 0.6) is 0 Å². The van der Waals surface area contributed by atoms with E-state index in [1.807, 2.05) is 39.2 Å². The molecule has 2 rings (SSSR count). The third-order valence-corrected chi connectivity index (χ3v) is 3.14. The van der Waals surface area contributed by atoms with E-state index in [0.717, 1.165) is 22.5 Å². The SMILES string of the molecule is CNC(C)c1cnc(-c2ncccc2C)nc1C. The Hall–Kier alpha value is -1.81. The average molecular weight is 242 g/mol. The molecule has 2 aromatic rings. The van der Waals surface area contributed by atoms with Crippen LogP contribution in [0.3, 0.4) is 0 Å². The largest absolute Gasteiger partial charge is 0.313 e. The van der Waals surface area contributed by atoms with E-state index in [9.17, 15) is 0 Å². The van der Waals surface area contributed by atoms with Crippen LogP contribution in [0.4, 0.5) is 0 Å². The molecule has 1 atom stereocenters. The van der Waals surface area contributed by atoms with E-state index in [1.54, 1.807) is 6.20 Å². The number of nitrogens with zero attached hydrogens (tertiary/aromatic N) is 3. The van der Waals surface area contributed by atoms with Gasteiger partial charge in [-0.15, -0.1) is 0 Å². The van der Waals surface area contributed by atoms with Crippen molar-refractivity contribution >= 4 is 0 Å². The molecular formula is C14H18N4. The van der Waals surface area contributed by atoms with E-state index in [-0.39, 0.29) is 6.04 Å². The van der Waals surface area contributed by atoms with Crippen LogP contribution in [0.15, 0.2) is 24.5 Å². The Kier molecular flexibility index (Phi) is 3.67. The fraction of sp³-hybridized carbons (Fsp3) is 0.357. The van der Waals surface area contributed by atoms with E-state index in [4.69, 9.17) is 0 Å². The molecule has 0 aromatic carbocycles. The first kappa shape index (κ1) is 12.6. The summed E-state index contributed by atoms with van der Waals surface area (Å²) in [6.45, 7) is 6.12. The Bertz CT molecular complexity index is 551. The summed E-state index contributed by atoms with van der Waals surface area (Å²) in [5, 5.41) is 3.20. The zero-order valence-corrected chi connectivity index (χ0v) is 11.2. The first-order valence-corrected chi connectivity index (χ1v) is 6.06. The van der Waals surface area contributed by atoms with Gasteiger partial charge in [-0.1, -0.05) is 6.07 Å². The second-order valence-corrected chi connectivity index (χ2v) is 4.41. The maximum atomic E-state index is 4.56. The highest BCUT2D eigenvalue weighted by molar-refractivity contribution is 5.54. The van der Waals surface area contributed by atoms with Gasteiger partial charge in [-0.3, -0.25) is 4.98 Å². The molecule has 0 aliphatic carbocycles. The summed E-state index contributed by atoms with van der Waals surface area (Å²) in [4.78, 5) is 13.3. The molecule has 18 heavy (non-hydrogen) atoms. The molecule has 4 nitrogen and oxygen atoms in total. The lowest BCUT2D eigenvalue weighted by Gasteiger charge is -2.13. The van der Waals surface area contributed by atoms with Crippen LogP contribution >= 0.6 is 0 Å². The zero-order valence-electron chi connectivity index (χ0n) is 11.2. The lowest BCUT2D eigenvalue weighted by atomic mass is 10.1. The molecular weight excluding hydrogens is 224 g/mol. The van der Waals surface area contributed by atoms with E-state index in [0.29, 0.717) is 5.82 Å². The first-order valence-electron chi connectivity index (χ1n) is 6.06. The maximum Gasteiger partial charge on any atom is 0.178 e. The van der Waals surface area contributed by atoms with Crippen molar-refractivity contribution in [2.75, 3.05) is 7.05 Å². The summed E-state index contributed by atoms with van der Waals surface area (Å²) in [6.07, 6.45) is 3.65. The number of aryl methyl sites for hydroxylation is 2.